The molecule has 0 atom stereocenters. The van der Waals surface area contributed by atoms with Crippen LogP contribution < -0.4 is 5.73 Å². The Hall–Kier alpha value is -0.0800. The molecule has 2 N–H and O–H groups in total. The third kappa shape index (κ3) is 2.71. The molecule has 0 bridgehead atoms. The zero-order valence-corrected chi connectivity index (χ0v) is 10.6. The second-order valence-electron chi connectivity index (χ2n) is 4.22. The summed E-state index contributed by atoms with van der Waals surface area (Å²) in [6.45, 7) is 9.78. The minimum Gasteiger partial charge on any atom is -0.329 e. The van der Waals surface area contributed by atoms with E-state index in [4.69, 9.17) is 5.73 Å². The minimum atomic E-state index is 0.219. The summed E-state index contributed by atoms with van der Waals surface area (Å²) in [5.74, 6) is 0. The molecule has 86 valence electrons. The summed E-state index contributed by atoms with van der Waals surface area (Å²) in [5, 5.41) is 0. The molecule has 14 heavy (non-hydrogen) atoms. The molecule has 0 aliphatic rings. The van der Waals surface area contributed by atoms with Gasteiger partial charge in [0.2, 0.25) is 0 Å². The van der Waals surface area contributed by atoms with Gasteiger partial charge in [-0.1, -0.05) is 27.7 Å². The van der Waals surface area contributed by atoms with E-state index >= 15 is 0 Å². The van der Waals surface area contributed by atoms with Crippen LogP contribution in [0.15, 0.2) is 0 Å². The Morgan fingerprint density at radius 2 is 1.50 bits per heavy atom. The lowest BCUT2D eigenvalue weighted by Crippen LogP contribution is -2.55. The van der Waals surface area contributed by atoms with Crippen molar-refractivity contribution in [1.82, 2.24) is 4.90 Å². The van der Waals surface area contributed by atoms with Crippen molar-refractivity contribution >= 4 is 0 Å². The molecule has 0 saturated carbocycles. The van der Waals surface area contributed by atoms with Crippen molar-refractivity contribution in [2.75, 3.05) is 13.6 Å². The maximum absolute atomic E-state index is 5.94. The molecule has 0 aliphatic carbocycles. The molecule has 0 aromatic carbocycles. The zero-order chi connectivity index (χ0) is 11.2. The van der Waals surface area contributed by atoms with E-state index in [1.165, 1.54) is 12.8 Å². The average Bonchev–Trinajstić information content (AvgIpc) is 2.23. The topological polar surface area (TPSA) is 29.3 Å². The van der Waals surface area contributed by atoms with Gasteiger partial charge in [-0.15, -0.1) is 0 Å². The van der Waals surface area contributed by atoms with Gasteiger partial charge in [0.15, 0.2) is 0 Å². The van der Waals surface area contributed by atoms with Crippen molar-refractivity contribution in [2.45, 2.75) is 65.0 Å². The monoisotopic (exact) mass is 200 g/mol. The molecule has 0 amide bonds. The zero-order valence-electron chi connectivity index (χ0n) is 10.6. The predicted octanol–water partition coefficient (Wildman–Crippen LogP) is 2.62. The molecular weight excluding hydrogens is 172 g/mol. The summed E-state index contributed by atoms with van der Waals surface area (Å²) in [6.07, 6.45) is 4.73. The van der Waals surface area contributed by atoms with E-state index in [9.17, 15) is 0 Å². The van der Waals surface area contributed by atoms with Crippen molar-refractivity contribution in [1.29, 1.82) is 0 Å². The third-order valence-corrected chi connectivity index (χ3v) is 3.93. The summed E-state index contributed by atoms with van der Waals surface area (Å²) in [7, 11) is 2.23. The largest absolute Gasteiger partial charge is 0.329 e. The first kappa shape index (κ1) is 13.9. The average molecular weight is 200 g/mol. The van der Waals surface area contributed by atoms with Crippen molar-refractivity contribution in [3.05, 3.63) is 0 Å². The van der Waals surface area contributed by atoms with Crippen LogP contribution in [0, 0.1) is 0 Å². The second kappa shape index (κ2) is 6.41. The maximum Gasteiger partial charge on any atom is 0.0326 e. The smallest absolute Gasteiger partial charge is 0.0326 e. The minimum absolute atomic E-state index is 0.219. The van der Waals surface area contributed by atoms with E-state index in [0.29, 0.717) is 6.04 Å². The first-order chi connectivity index (χ1) is 6.61. The number of nitrogens with two attached hydrogens (primary N) is 1. The van der Waals surface area contributed by atoms with Gasteiger partial charge in [0, 0.05) is 18.1 Å². The van der Waals surface area contributed by atoms with Crippen LogP contribution in [-0.4, -0.2) is 30.1 Å². The molecule has 2 heteroatoms. The summed E-state index contributed by atoms with van der Waals surface area (Å²) in [6, 6.07) is 0.679. The van der Waals surface area contributed by atoms with Gasteiger partial charge in [-0.25, -0.2) is 0 Å². The van der Waals surface area contributed by atoms with Crippen LogP contribution in [0.5, 0.6) is 0 Å². The number of nitrogens with zero attached hydrogens (tertiary/aromatic N) is 1. The highest BCUT2D eigenvalue weighted by molar-refractivity contribution is 4.90. The molecule has 0 saturated heterocycles. The fourth-order valence-electron chi connectivity index (χ4n) is 2.41. The Balaban J connectivity index is 4.63. The van der Waals surface area contributed by atoms with Gasteiger partial charge in [-0.2, -0.15) is 0 Å². The van der Waals surface area contributed by atoms with Gasteiger partial charge in [0.25, 0.3) is 0 Å². The molecule has 0 unspecified atom stereocenters. The number of hydrogen-bond acceptors (Lipinski definition) is 2. The molecule has 0 aromatic rings. The van der Waals surface area contributed by atoms with Crippen molar-refractivity contribution in [2.24, 2.45) is 5.73 Å². The molecule has 2 nitrogen and oxygen atoms in total. The summed E-state index contributed by atoms with van der Waals surface area (Å²) in [5.41, 5.74) is 6.15. The molecule has 0 aromatic heterocycles. The SMILES string of the molecule is CCC(CC)N(C)C(CC)(CC)CN. The van der Waals surface area contributed by atoms with Crippen molar-refractivity contribution in [3.8, 4) is 0 Å². The Kier molecular flexibility index (Phi) is 6.38. The number of hydrogen-bond donors (Lipinski definition) is 1. The molecule has 0 heterocycles. The van der Waals surface area contributed by atoms with E-state index in [1.807, 2.05) is 0 Å². The quantitative estimate of drug-likeness (QED) is 0.684. The van der Waals surface area contributed by atoms with Crippen molar-refractivity contribution in [3.63, 3.8) is 0 Å². The first-order valence-corrected chi connectivity index (χ1v) is 6.04. The Bertz CT molecular complexity index is 129. The van der Waals surface area contributed by atoms with E-state index in [1.54, 1.807) is 0 Å². The van der Waals surface area contributed by atoms with Gasteiger partial charge in [-0.3, -0.25) is 4.90 Å². The normalized spacial score (nSPS) is 12.9. The van der Waals surface area contributed by atoms with E-state index in [2.05, 4.69) is 39.6 Å². The van der Waals surface area contributed by atoms with Gasteiger partial charge in [0.1, 0.15) is 0 Å². The van der Waals surface area contributed by atoms with Crippen LogP contribution in [0.25, 0.3) is 0 Å². The first-order valence-electron chi connectivity index (χ1n) is 6.04. The van der Waals surface area contributed by atoms with Gasteiger partial charge in [0.05, 0.1) is 0 Å². The van der Waals surface area contributed by atoms with Crippen LogP contribution in [-0.2, 0) is 0 Å². The molecular formula is C12H28N2. The maximum atomic E-state index is 5.94. The molecule has 0 spiro atoms. The second-order valence-corrected chi connectivity index (χ2v) is 4.22. The lowest BCUT2D eigenvalue weighted by atomic mass is 9.89. The lowest BCUT2D eigenvalue weighted by molar-refractivity contribution is 0.0645. The van der Waals surface area contributed by atoms with E-state index in [-0.39, 0.29) is 5.54 Å². The molecule has 0 fully saturated rings. The van der Waals surface area contributed by atoms with Crippen LogP contribution in [0.1, 0.15) is 53.4 Å². The van der Waals surface area contributed by atoms with Crippen molar-refractivity contribution < 1.29 is 0 Å². The molecule has 0 radical (unpaired) electrons. The van der Waals surface area contributed by atoms with Gasteiger partial charge < -0.3 is 5.73 Å². The Labute approximate surface area is 89.9 Å². The summed E-state index contributed by atoms with van der Waals surface area (Å²) in [4.78, 5) is 2.51. The van der Waals surface area contributed by atoms with Crippen LogP contribution in [0.3, 0.4) is 0 Å². The van der Waals surface area contributed by atoms with E-state index < -0.39 is 0 Å². The summed E-state index contributed by atoms with van der Waals surface area (Å²) < 4.78 is 0. The predicted molar refractivity (Wildman–Crippen MR) is 64.5 cm³/mol. The number of likely N-dealkylation sites (N-methyl/N-ethyl adjacent to an activating group) is 1. The lowest BCUT2D eigenvalue weighted by Gasteiger charge is -2.44. The van der Waals surface area contributed by atoms with Crippen LogP contribution in [0.4, 0.5) is 0 Å². The van der Waals surface area contributed by atoms with E-state index in [0.717, 1.165) is 19.4 Å². The molecule has 0 aliphatic heterocycles. The van der Waals surface area contributed by atoms with Gasteiger partial charge >= 0.3 is 0 Å². The fourth-order valence-corrected chi connectivity index (χ4v) is 2.41. The van der Waals surface area contributed by atoms with Gasteiger partial charge in [-0.05, 0) is 32.7 Å². The Morgan fingerprint density at radius 3 is 1.71 bits per heavy atom. The highest BCUT2D eigenvalue weighted by Gasteiger charge is 2.32. The highest BCUT2D eigenvalue weighted by atomic mass is 15.2. The standard InChI is InChI=1S/C12H28N2/c1-6-11(7-2)14(5)12(8-3,9-4)10-13/h11H,6-10,13H2,1-5H3. The number of rotatable bonds is 7. The summed E-state index contributed by atoms with van der Waals surface area (Å²) >= 11 is 0. The Morgan fingerprint density at radius 1 is 1.07 bits per heavy atom. The highest BCUT2D eigenvalue weighted by Crippen LogP contribution is 2.25. The fraction of sp³-hybridized carbons (Fsp3) is 1.00. The third-order valence-electron chi connectivity index (χ3n) is 3.93. The molecule has 0 rings (SSSR count). The van der Waals surface area contributed by atoms with Crippen LogP contribution in [0.2, 0.25) is 0 Å². The van der Waals surface area contributed by atoms with Crippen LogP contribution >= 0.6 is 0 Å².